The Morgan fingerprint density at radius 1 is 1.14 bits per heavy atom. The molecule has 146 valence electrons. The second-order valence-corrected chi connectivity index (χ2v) is 7.30. The number of carbonyl (C=O) groups excluding carboxylic acids is 1. The molecule has 3 rings (SSSR count). The number of nitrogens with zero attached hydrogens (tertiary/aromatic N) is 2. The van der Waals surface area contributed by atoms with Gasteiger partial charge in [-0.3, -0.25) is 9.48 Å². The summed E-state index contributed by atoms with van der Waals surface area (Å²) in [6, 6.07) is 13.4. The van der Waals surface area contributed by atoms with Crippen molar-refractivity contribution < 1.29 is 14.3 Å². The number of aryl methyl sites for hydroxylation is 3. The molecule has 0 aliphatic heterocycles. The molecule has 0 saturated carbocycles. The maximum Gasteiger partial charge on any atom is 0.271 e. The Bertz CT molecular complexity index is 1010. The molecule has 0 fully saturated rings. The van der Waals surface area contributed by atoms with Gasteiger partial charge in [0, 0.05) is 12.6 Å². The summed E-state index contributed by atoms with van der Waals surface area (Å²) in [7, 11) is 1.79. The van der Waals surface area contributed by atoms with Crippen molar-refractivity contribution in [1.82, 2.24) is 15.1 Å². The molecule has 1 unspecified atom stereocenters. The number of halogens is 1. The van der Waals surface area contributed by atoms with E-state index < -0.39 is 5.60 Å². The summed E-state index contributed by atoms with van der Waals surface area (Å²) in [6.07, 6.45) is 0. The van der Waals surface area contributed by atoms with Gasteiger partial charge in [-0.2, -0.15) is 5.10 Å². The summed E-state index contributed by atoms with van der Waals surface area (Å²) in [4.78, 5) is 12.5. The normalized spacial score (nSPS) is 13.2. The predicted molar refractivity (Wildman–Crippen MR) is 106 cm³/mol. The fourth-order valence-corrected chi connectivity index (χ4v) is 3.00. The zero-order valence-electron chi connectivity index (χ0n) is 16.5. The SMILES string of the molecule is Cc1ccc(-c2cc(C(=O)NCC(C)(O)c3ccc(F)cc3)nn2C)cc1C. The second kappa shape index (κ2) is 7.56. The number of aliphatic hydroxyl groups is 1. The Labute approximate surface area is 163 Å². The monoisotopic (exact) mass is 381 g/mol. The molecule has 0 saturated heterocycles. The fourth-order valence-electron chi connectivity index (χ4n) is 3.00. The van der Waals surface area contributed by atoms with Crippen LogP contribution in [0.4, 0.5) is 4.39 Å². The van der Waals surface area contributed by atoms with Crippen LogP contribution in [0.2, 0.25) is 0 Å². The van der Waals surface area contributed by atoms with E-state index in [2.05, 4.69) is 16.5 Å². The summed E-state index contributed by atoms with van der Waals surface area (Å²) < 4.78 is 14.7. The lowest BCUT2D eigenvalue weighted by molar-refractivity contribution is 0.0524. The summed E-state index contributed by atoms with van der Waals surface area (Å²) >= 11 is 0. The second-order valence-electron chi connectivity index (χ2n) is 7.30. The van der Waals surface area contributed by atoms with Crippen LogP contribution in [0.1, 0.15) is 34.1 Å². The third kappa shape index (κ3) is 4.12. The lowest BCUT2D eigenvalue weighted by atomic mass is 9.96. The Kier molecular flexibility index (Phi) is 5.34. The highest BCUT2D eigenvalue weighted by atomic mass is 19.1. The highest BCUT2D eigenvalue weighted by molar-refractivity contribution is 5.93. The van der Waals surface area contributed by atoms with Gasteiger partial charge in [0.05, 0.1) is 12.2 Å². The molecule has 0 bridgehead atoms. The minimum absolute atomic E-state index is 0.0208. The number of rotatable bonds is 5. The van der Waals surface area contributed by atoms with Crippen LogP contribution in [0.25, 0.3) is 11.3 Å². The summed E-state index contributed by atoms with van der Waals surface area (Å²) in [6.45, 7) is 5.64. The summed E-state index contributed by atoms with van der Waals surface area (Å²) in [5, 5.41) is 17.6. The lowest BCUT2D eigenvalue weighted by Gasteiger charge is -2.24. The Balaban J connectivity index is 1.74. The van der Waals surface area contributed by atoms with Crippen LogP contribution in [0.3, 0.4) is 0 Å². The van der Waals surface area contributed by atoms with Gasteiger partial charge in [-0.15, -0.1) is 0 Å². The van der Waals surface area contributed by atoms with E-state index in [1.54, 1.807) is 24.7 Å². The van der Waals surface area contributed by atoms with Crippen LogP contribution in [0, 0.1) is 19.7 Å². The van der Waals surface area contributed by atoms with Crippen molar-refractivity contribution >= 4 is 5.91 Å². The van der Waals surface area contributed by atoms with Crippen LogP contribution in [-0.2, 0) is 12.6 Å². The molecule has 6 heteroatoms. The Morgan fingerprint density at radius 2 is 1.82 bits per heavy atom. The number of hydrogen-bond acceptors (Lipinski definition) is 3. The first-order chi connectivity index (χ1) is 13.2. The van der Waals surface area contributed by atoms with Crippen molar-refractivity contribution in [2.45, 2.75) is 26.4 Å². The van der Waals surface area contributed by atoms with Gasteiger partial charge in [-0.05, 0) is 61.7 Å². The number of aromatic nitrogens is 2. The van der Waals surface area contributed by atoms with E-state index in [9.17, 15) is 14.3 Å². The maximum atomic E-state index is 13.1. The standard InChI is InChI=1S/C22H24FN3O2/c1-14-5-6-16(11-15(14)2)20-12-19(25-26(20)4)21(27)24-13-22(3,28)17-7-9-18(23)10-8-17/h5-12,28H,13H2,1-4H3,(H,24,27). The molecule has 0 radical (unpaired) electrons. The largest absolute Gasteiger partial charge is 0.384 e. The highest BCUT2D eigenvalue weighted by Gasteiger charge is 2.25. The van der Waals surface area contributed by atoms with E-state index in [1.807, 2.05) is 26.0 Å². The highest BCUT2D eigenvalue weighted by Crippen LogP contribution is 2.23. The molecule has 1 heterocycles. The molecular formula is C22H24FN3O2. The zero-order valence-corrected chi connectivity index (χ0v) is 16.5. The molecule has 2 aromatic carbocycles. The van der Waals surface area contributed by atoms with Crippen LogP contribution >= 0.6 is 0 Å². The van der Waals surface area contributed by atoms with Gasteiger partial charge in [0.25, 0.3) is 5.91 Å². The van der Waals surface area contributed by atoms with Gasteiger partial charge in [0.2, 0.25) is 0 Å². The molecule has 1 atom stereocenters. The van der Waals surface area contributed by atoms with Crippen molar-refractivity contribution in [3.05, 3.63) is 76.7 Å². The number of amides is 1. The Morgan fingerprint density at radius 3 is 2.46 bits per heavy atom. The first-order valence-corrected chi connectivity index (χ1v) is 9.05. The van der Waals surface area contributed by atoms with E-state index >= 15 is 0 Å². The molecule has 2 N–H and O–H groups in total. The molecule has 3 aromatic rings. The Hall–Kier alpha value is -2.99. The number of carbonyl (C=O) groups is 1. The number of benzene rings is 2. The fraction of sp³-hybridized carbons (Fsp3) is 0.273. The first-order valence-electron chi connectivity index (χ1n) is 9.05. The summed E-state index contributed by atoms with van der Waals surface area (Å²) in [5.74, 6) is -0.760. The van der Waals surface area contributed by atoms with Crippen LogP contribution < -0.4 is 5.32 Å². The predicted octanol–water partition coefficient (Wildman–Crippen LogP) is 3.48. The quantitative estimate of drug-likeness (QED) is 0.711. The van der Waals surface area contributed by atoms with Crippen LogP contribution in [-0.4, -0.2) is 27.3 Å². The van der Waals surface area contributed by atoms with Crippen LogP contribution in [0.5, 0.6) is 0 Å². The molecule has 0 aliphatic carbocycles. The average Bonchev–Trinajstić information content (AvgIpc) is 3.04. The third-order valence-electron chi connectivity index (χ3n) is 4.97. The molecule has 0 spiro atoms. The van der Waals surface area contributed by atoms with Crippen molar-refractivity contribution in [1.29, 1.82) is 0 Å². The van der Waals surface area contributed by atoms with E-state index in [0.29, 0.717) is 5.56 Å². The maximum absolute atomic E-state index is 13.1. The van der Waals surface area contributed by atoms with Gasteiger partial charge < -0.3 is 10.4 Å². The van der Waals surface area contributed by atoms with E-state index in [0.717, 1.165) is 11.3 Å². The van der Waals surface area contributed by atoms with E-state index in [-0.39, 0.29) is 24.0 Å². The van der Waals surface area contributed by atoms with Crippen LogP contribution in [0.15, 0.2) is 48.5 Å². The molecule has 0 aliphatic rings. The topological polar surface area (TPSA) is 67.2 Å². The van der Waals surface area contributed by atoms with E-state index in [4.69, 9.17) is 0 Å². The first kappa shape index (κ1) is 19.8. The van der Waals surface area contributed by atoms with Crippen molar-refractivity contribution in [3.63, 3.8) is 0 Å². The third-order valence-corrected chi connectivity index (χ3v) is 4.97. The van der Waals surface area contributed by atoms with E-state index in [1.165, 1.54) is 35.4 Å². The molecule has 1 amide bonds. The van der Waals surface area contributed by atoms with Gasteiger partial charge in [0.1, 0.15) is 11.4 Å². The summed E-state index contributed by atoms with van der Waals surface area (Å²) in [5.41, 5.74) is 3.65. The van der Waals surface area contributed by atoms with Gasteiger partial charge >= 0.3 is 0 Å². The van der Waals surface area contributed by atoms with Gasteiger partial charge in [-0.1, -0.05) is 24.3 Å². The minimum Gasteiger partial charge on any atom is -0.384 e. The molecule has 5 nitrogen and oxygen atoms in total. The number of nitrogens with one attached hydrogen (secondary N) is 1. The minimum atomic E-state index is -1.32. The average molecular weight is 381 g/mol. The molecule has 1 aromatic heterocycles. The lowest BCUT2D eigenvalue weighted by Crippen LogP contribution is -2.38. The van der Waals surface area contributed by atoms with Gasteiger partial charge in [-0.25, -0.2) is 4.39 Å². The molecular weight excluding hydrogens is 357 g/mol. The van der Waals surface area contributed by atoms with Crippen molar-refractivity contribution in [2.24, 2.45) is 7.05 Å². The van der Waals surface area contributed by atoms with Crippen molar-refractivity contribution in [2.75, 3.05) is 6.54 Å². The van der Waals surface area contributed by atoms with Crippen molar-refractivity contribution in [3.8, 4) is 11.3 Å². The zero-order chi connectivity index (χ0) is 20.5. The molecule has 28 heavy (non-hydrogen) atoms. The number of hydrogen-bond donors (Lipinski definition) is 2. The van der Waals surface area contributed by atoms with Gasteiger partial charge in [0.15, 0.2) is 5.69 Å². The smallest absolute Gasteiger partial charge is 0.271 e.